The number of hydrogen-bond donors (Lipinski definition) is 2. The molecule has 1 aromatic carbocycles. The second kappa shape index (κ2) is 11.4. The number of fused-ring (bicyclic) bond motifs is 1. The Morgan fingerprint density at radius 3 is 2.55 bits per heavy atom. The number of amides is 3. The van der Waals surface area contributed by atoms with E-state index >= 15 is 0 Å². The molecule has 0 unspecified atom stereocenters. The average Bonchev–Trinajstić information content (AvgIpc) is 2.83. The van der Waals surface area contributed by atoms with Crippen LogP contribution in [-0.4, -0.2) is 97.4 Å². The van der Waals surface area contributed by atoms with Crippen molar-refractivity contribution in [2.75, 3.05) is 51.8 Å². The number of benzene rings is 1. The number of rotatable bonds is 8. The summed E-state index contributed by atoms with van der Waals surface area (Å²) < 4.78 is 53.9. The van der Waals surface area contributed by atoms with Gasteiger partial charge in [0.15, 0.2) is 0 Å². The van der Waals surface area contributed by atoms with E-state index in [-0.39, 0.29) is 43.2 Å². The molecule has 0 aromatic heterocycles. The first kappa shape index (κ1) is 29.5. The topological polar surface area (TPSA) is 112 Å². The smallest absolute Gasteiger partial charge is 0.417 e. The highest BCUT2D eigenvalue weighted by atomic mass is 19.4. The number of nitrogens with one attached hydrogen (secondary N) is 1. The number of likely N-dealkylation sites (N-methyl/N-ethyl adjacent to an activating group) is 1. The van der Waals surface area contributed by atoms with E-state index < -0.39 is 40.8 Å². The first-order valence-electron chi connectivity index (χ1n) is 12.4. The van der Waals surface area contributed by atoms with Gasteiger partial charge in [-0.1, -0.05) is 0 Å². The Morgan fingerprint density at radius 2 is 2.03 bits per heavy atom. The summed E-state index contributed by atoms with van der Waals surface area (Å²) in [5.74, 6) is -1.67. The molecule has 0 bridgehead atoms. The molecule has 38 heavy (non-hydrogen) atoms. The summed E-state index contributed by atoms with van der Waals surface area (Å²) in [5.41, 5.74) is -3.47. The zero-order valence-corrected chi connectivity index (χ0v) is 22.2. The molecule has 0 spiro atoms. The SMILES string of the molecule is COC[C@@]1(C)Oc2cc(C(F)(F)F)c(C(=O)N(C(C)C)[C@@H]3CCCNC3)cc2N(CCN(C)C(=O)O)C1=O. The van der Waals surface area contributed by atoms with Crippen molar-refractivity contribution in [3.8, 4) is 5.75 Å². The molecule has 2 N–H and O–H groups in total. The molecule has 2 aliphatic rings. The van der Waals surface area contributed by atoms with Crippen LogP contribution < -0.4 is 15.0 Å². The second-order valence-corrected chi connectivity index (χ2v) is 10.1. The van der Waals surface area contributed by atoms with E-state index in [1.54, 1.807) is 13.8 Å². The van der Waals surface area contributed by atoms with Crippen molar-refractivity contribution in [1.29, 1.82) is 0 Å². The lowest BCUT2D eigenvalue weighted by molar-refractivity contribution is -0.140. The van der Waals surface area contributed by atoms with E-state index in [2.05, 4.69) is 5.32 Å². The fourth-order valence-electron chi connectivity index (χ4n) is 4.92. The van der Waals surface area contributed by atoms with Gasteiger partial charge in [-0.05, 0) is 52.3 Å². The Kier molecular flexibility index (Phi) is 8.82. The predicted octanol–water partition coefficient (Wildman–Crippen LogP) is 3.05. The molecule has 13 heteroatoms. The van der Waals surface area contributed by atoms with Crippen LogP contribution in [0.15, 0.2) is 12.1 Å². The Balaban J connectivity index is 2.16. The molecule has 0 saturated carbocycles. The lowest BCUT2D eigenvalue weighted by atomic mass is 9.96. The van der Waals surface area contributed by atoms with E-state index in [0.29, 0.717) is 13.0 Å². The van der Waals surface area contributed by atoms with Crippen molar-refractivity contribution in [3.63, 3.8) is 0 Å². The minimum Gasteiger partial charge on any atom is -0.473 e. The van der Waals surface area contributed by atoms with Gasteiger partial charge in [0.1, 0.15) is 5.75 Å². The number of nitrogens with zero attached hydrogens (tertiary/aromatic N) is 3. The number of hydrogen-bond acceptors (Lipinski definition) is 6. The van der Waals surface area contributed by atoms with Crippen LogP contribution in [0.3, 0.4) is 0 Å². The zero-order chi connectivity index (χ0) is 28.4. The summed E-state index contributed by atoms with van der Waals surface area (Å²) in [4.78, 5) is 42.1. The molecule has 1 fully saturated rings. The second-order valence-electron chi connectivity index (χ2n) is 10.1. The highest BCUT2D eigenvalue weighted by Crippen LogP contribution is 2.44. The van der Waals surface area contributed by atoms with E-state index in [1.807, 2.05) is 0 Å². The number of piperidine rings is 1. The molecule has 0 radical (unpaired) electrons. The first-order valence-corrected chi connectivity index (χ1v) is 12.4. The van der Waals surface area contributed by atoms with Gasteiger partial charge in [0, 0.05) is 45.9 Å². The van der Waals surface area contributed by atoms with Crippen LogP contribution in [0.5, 0.6) is 5.75 Å². The molecule has 1 saturated heterocycles. The van der Waals surface area contributed by atoms with Gasteiger partial charge in [0.25, 0.3) is 11.8 Å². The standard InChI is InChI=1S/C25H35F3N4O6/c1-15(2)32(16-7-6-8-29-13-16)21(33)17-11-19-20(12-18(17)25(26,27)28)38-24(3,14-37-5)22(34)31(19)10-9-30(4)23(35)36/h11-12,15-16,29H,6-10,13-14H2,1-5H3,(H,35,36)/t16-,24-/m1/s1. The summed E-state index contributed by atoms with van der Waals surface area (Å²) >= 11 is 0. The van der Waals surface area contributed by atoms with Gasteiger partial charge in [-0.25, -0.2) is 4.79 Å². The number of carbonyl (C=O) groups excluding carboxylic acids is 2. The van der Waals surface area contributed by atoms with Crippen molar-refractivity contribution < 1.29 is 42.1 Å². The normalized spacial score (nSPS) is 21.7. The van der Waals surface area contributed by atoms with E-state index in [1.165, 1.54) is 26.0 Å². The van der Waals surface area contributed by atoms with Crippen molar-refractivity contribution >= 4 is 23.6 Å². The van der Waals surface area contributed by atoms with Crippen molar-refractivity contribution in [3.05, 3.63) is 23.3 Å². The minimum absolute atomic E-state index is 0.0378. The molecule has 0 aliphatic carbocycles. The number of alkyl halides is 3. The molecule has 212 valence electrons. The Morgan fingerprint density at radius 1 is 1.34 bits per heavy atom. The van der Waals surface area contributed by atoms with Crippen LogP contribution in [0.25, 0.3) is 0 Å². The Hall–Kier alpha value is -3.06. The maximum Gasteiger partial charge on any atom is 0.417 e. The monoisotopic (exact) mass is 544 g/mol. The average molecular weight is 545 g/mol. The van der Waals surface area contributed by atoms with Gasteiger partial charge in [0.05, 0.1) is 23.4 Å². The van der Waals surface area contributed by atoms with E-state index in [4.69, 9.17) is 9.47 Å². The number of carbonyl (C=O) groups is 3. The van der Waals surface area contributed by atoms with Gasteiger partial charge in [-0.15, -0.1) is 0 Å². The molecule has 2 atom stereocenters. The van der Waals surface area contributed by atoms with Crippen LogP contribution >= 0.6 is 0 Å². The van der Waals surface area contributed by atoms with E-state index in [9.17, 15) is 32.7 Å². The van der Waals surface area contributed by atoms with Crippen LogP contribution in [0.2, 0.25) is 0 Å². The summed E-state index contributed by atoms with van der Waals surface area (Å²) in [6.07, 6.45) is -4.69. The van der Waals surface area contributed by atoms with Gasteiger partial charge in [0.2, 0.25) is 5.60 Å². The Labute approximate surface area is 219 Å². The van der Waals surface area contributed by atoms with Gasteiger partial charge in [-0.3, -0.25) is 9.59 Å². The lowest BCUT2D eigenvalue weighted by Crippen LogP contribution is -2.58. The van der Waals surface area contributed by atoms with Gasteiger partial charge < -0.3 is 34.6 Å². The molecule has 2 heterocycles. The third-order valence-corrected chi connectivity index (χ3v) is 6.82. The molecule has 3 amide bonds. The van der Waals surface area contributed by atoms with Crippen molar-refractivity contribution in [2.24, 2.45) is 0 Å². The summed E-state index contributed by atoms with van der Waals surface area (Å²) in [5, 5.41) is 12.4. The maximum absolute atomic E-state index is 14.3. The van der Waals surface area contributed by atoms with Crippen LogP contribution in [0.1, 0.15) is 49.5 Å². The Bertz CT molecular complexity index is 1060. The quantitative estimate of drug-likeness (QED) is 0.518. The summed E-state index contributed by atoms with van der Waals surface area (Å²) in [7, 11) is 2.63. The predicted molar refractivity (Wildman–Crippen MR) is 133 cm³/mol. The molecule has 10 nitrogen and oxygen atoms in total. The summed E-state index contributed by atoms with van der Waals surface area (Å²) in [6, 6.07) is 1.11. The molecule has 3 rings (SSSR count). The third-order valence-electron chi connectivity index (χ3n) is 6.82. The zero-order valence-electron chi connectivity index (χ0n) is 22.2. The fourth-order valence-corrected chi connectivity index (χ4v) is 4.92. The van der Waals surface area contributed by atoms with Crippen LogP contribution in [0.4, 0.5) is 23.7 Å². The molecular weight excluding hydrogens is 509 g/mol. The highest BCUT2D eigenvalue weighted by Gasteiger charge is 2.47. The van der Waals surface area contributed by atoms with Crippen molar-refractivity contribution in [2.45, 2.75) is 57.5 Å². The maximum atomic E-state index is 14.3. The summed E-state index contributed by atoms with van der Waals surface area (Å²) in [6.45, 7) is 5.55. The number of anilines is 1. The lowest BCUT2D eigenvalue weighted by Gasteiger charge is -2.42. The third kappa shape index (κ3) is 5.98. The van der Waals surface area contributed by atoms with Gasteiger partial charge >= 0.3 is 12.3 Å². The van der Waals surface area contributed by atoms with E-state index in [0.717, 1.165) is 34.9 Å². The van der Waals surface area contributed by atoms with Crippen molar-refractivity contribution in [1.82, 2.24) is 15.1 Å². The molecular formula is C25H35F3N4O6. The van der Waals surface area contributed by atoms with Crippen LogP contribution in [-0.2, 0) is 15.7 Å². The number of methoxy groups -OCH3 is 1. The fraction of sp³-hybridized carbons (Fsp3) is 0.640. The molecule has 1 aromatic rings. The number of halogens is 3. The number of carboxylic acid groups (broad SMARTS) is 1. The largest absolute Gasteiger partial charge is 0.473 e. The van der Waals surface area contributed by atoms with Crippen LogP contribution in [0, 0.1) is 0 Å². The first-order chi connectivity index (χ1) is 17.7. The van der Waals surface area contributed by atoms with Gasteiger partial charge in [-0.2, -0.15) is 13.2 Å². The minimum atomic E-state index is -4.88. The molecule has 2 aliphatic heterocycles. The highest BCUT2D eigenvalue weighted by molar-refractivity contribution is 6.05. The number of ether oxygens (including phenoxy) is 2.